The number of hydrogen-bond acceptors (Lipinski definition) is 4. The van der Waals surface area contributed by atoms with Gasteiger partial charge in [-0.25, -0.2) is 9.59 Å². The minimum Gasteiger partial charge on any atom is -0.478 e. The Balaban J connectivity index is 1.49. The van der Waals surface area contributed by atoms with E-state index in [0.29, 0.717) is 5.75 Å². The third-order valence-electron chi connectivity index (χ3n) is 5.82. The van der Waals surface area contributed by atoms with Gasteiger partial charge in [-0.2, -0.15) is 0 Å². The Kier molecular flexibility index (Phi) is 6.55. The van der Waals surface area contributed by atoms with E-state index in [-0.39, 0.29) is 22.3 Å². The molecule has 2 N–H and O–H groups in total. The number of ether oxygens (including phenoxy) is 2. The van der Waals surface area contributed by atoms with E-state index < -0.39 is 11.9 Å². The second-order valence-electron chi connectivity index (χ2n) is 8.51. The molecule has 0 atom stereocenters. The predicted octanol–water partition coefficient (Wildman–Crippen LogP) is 6.99. The maximum Gasteiger partial charge on any atom is 0.336 e. The van der Waals surface area contributed by atoms with Crippen LogP contribution in [0.2, 0.25) is 0 Å². The molecule has 0 amide bonds. The van der Waals surface area contributed by atoms with Crippen LogP contribution in [0, 0.1) is 0 Å². The zero-order valence-corrected chi connectivity index (χ0v) is 19.3. The lowest BCUT2D eigenvalue weighted by atomic mass is 9.78. The summed E-state index contributed by atoms with van der Waals surface area (Å²) in [5.41, 5.74) is 1.27. The molecule has 0 saturated heterocycles. The summed E-state index contributed by atoms with van der Waals surface area (Å²) in [5, 5.41) is 18.5. The van der Waals surface area contributed by atoms with Crippen molar-refractivity contribution >= 4 is 11.9 Å². The minimum atomic E-state index is -1.33. The minimum absolute atomic E-state index is 0.244. The van der Waals surface area contributed by atoms with Gasteiger partial charge in [0.1, 0.15) is 23.0 Å². The van der Waals surface area contributed by atoms with Gasteiger partial charge in [0.15, 0.2) is 0 Å². The first-order chi connectivity index (χ1) is 16.7. The van der Waals surface area contributed by atoms with Gasteiger partial charge in [0.2, 0.25) is 0 Å². The van der Waals surface area contributed by atoms with Gasteiger partial charge in [-0.1, -0.05) is 56.3 Å². The summed E-state index contributed by atoms with van der Waals surface area (Å²) in [4.78, 5) is 22.6. The standard InChI is InChI=1S/C29H24O6/c1-29(2,19-8-12-22(13-9-19)34-21-6-4-3-5-7-21)20-10-14-23(15-11-20)35-24-16-17-25(27(30)31)26(18-24)28(32)33/h3-18H,1-2H3,(H,30,31)(H,32,33). The Hall–Kier alpha value is -4.58. The van der Waals surface area contributed by atoms with Gasteiger partial charge in [0.05, 0.1) is 11.1 Å². The van der Waals surface area contributed by atoms with Crippen molar-refractivity contribution in [1.29, 1.82) is 0 Å². The van der Waals surface area contributed by atoms with Gasteiger partial charge in [-0.3, -0.25) is 0 Å². The quantitative estimate of drug-likeness (QED) is 0.289. The van der Waals surface area contributed by atoms with Crippen molar-refractivity contribution in [1.82, 2.24) is 0 Å². The summed E-state index contributed by atoms with van der Waals surface area (Å²) in [6, 6.07) is 29.0. The number of carboxylic acids is 2. The van der Waals surface area contributed by atoms with E-state index in [0.717, 1.165) is 22.6 Å². The molecular weight excluding hydrogens is 444 g/mol. The number of benzene rings is 4. The molecule has 176 valence electrons. The van der Waals surface area contributed by atoms with Crippen LogP contribution in [0.3, 0.4) is 0 Å². The molecular formula is C29H24O6. The number of aromatic carboxylic acids is 2. The molecule has 0 unspecified atom stereocenters. The van der Waals surface area contributed by atoms with Crippen molar-refractivity contribution in [3.8, 4) is 23.0 Å². The number of rotatable bonds is 8. The van der Waals surface area contributed by atoms with Crippen LogP contribution in [0.5, 0.6) is 23.0 Å². The third-order valence-corrected chi connectivity index (χ3v) is 5.82. The Morgan fingerprint density at radius 3 is 1.49 bits per heavy atom. The molecule has 6 nitrogen and oxygen atoms in total. The first kappa shape index (κ1) is 23.6. The molecule has 0 fully saturated rings. The lowest BCUT2D eigenvalue weighted by molar-refractivity contribution is 0.0651. The first-order valence-corrected chi connectivity index (χ1v) is 11.0. The average Bonchev–Trinajstić information content (AvgIpc) is 2.85. The van der Waals surface area contributed by atoms with E-state index in [2.05, 4.69) is 13.8 Å². The lowest BCUT2D eigenvalue weighted by Gasteiger charge is -2.26. The smallest absolute Gasteiger partial charge is 0.336 e. The summed E-state index contributed by atoms with van der Waals surface area (Å²) >= 11 is 0. The predicted molar refractivity (Wildman–Crippen MR) is 132 cm³/mol. The highest BCUT2D eigenvalue weighted by Crippen LogP contribution is 2.35. The molecule has 0 aliphatic heterocycles. The Morgan fingerprint density at radius 2 is 1.00 bits per heavy atom. The summed E-state index contributed by atoms with van der Waals surface area (Å²) in [5.74, 6) is -0.341. The number of para-hydroxylation sites is 1. The van der Waals surface area contributed by atoms with E-state index in [4.69, 9.17) is 14.6 Å². The van der Waals surface area contributed by atoms with Crippen molar-refractivity contribution in [3.05, 3.63) is 119 Å². The van der Waals surface area contributed by atoms with E-state index >= 15 is 0 Å². The van der Waals surface area contributed by atoms with Gasteiger partial charge in [-0.15, -0.1) is 0 Å². The van der Waals surface area contributed by atoms with E-state index in [1.165, 1.54) is 18.2 Å². The summed E-state index contributed by atoms with van der Waals surface area (Å²) in [6.45, 7) is 4.25. The lowest BCUT2D eigenvalue weighted by Crippen LogP contribution is -2.18. The highest BCUT2D eigenvalue weighted by molar-refractivity contribution is 6.02. The first-order valence-electron chi connectivity index (χ1n) is 11.0. The van der Waals surface area contributed by atoms with Crippen molar-refractivity contribution < 1.29 is 29.3 Å². The molecule has 0 aliphatic carbocycles. The second kappa shape index (κ2) is 9.73. The van der Waals surface area contributed by atoms with Crippen molar-refractivity contribution in [2.24, 2.45) is 0 Å². The van der Waals surface area contributed by atoms with Crippen molar-refractivity contribution in [3.63, 3.8) is 0 Å². The number of carboxylic acid groups (broad SMARTS) is 2. The van der Waals surface area contributed by atoms with Crippen LogP contribution in [0.15, 0.2) is 97.1 Å². The molecule has 0 heterocycles. The van der Waals surface area contributed by atoms with Crippen LogP contribution in [0.1, 0.15) is 45.7 Å². The van der Waals surface area contributed by atoms with Crippen molar-refractivity contribution in [2.45, 2.75) is 19.3 Å². The van der Waals surface area contributed by atoms with Gasteiger partial charge in [-0.05, 0) is 65.7 Å². The van der Waals surface area contributed by atoms with Gasteiger partial charge in [0.25, 0.3) is 0 Å². The van der Waals surface area contributed by atoms with Gasteiger partial charge < -0.3 is 19.7 Å². The fraction of sp³-hybridized carbons (Fsp3) is 0.103. The van der Waals surface area contributed by atoms with Crippen LogP contribution < -0.4 is 9.47 Å². The largest absolute Gasteiger partial charge is 0.478 e. The molecule has 0 aliphatic rings. The second-order valence-corrected chi connectivity index (χ2v) is 8.51. The van der Waals surface area contributed by atoms with Crippen LogP contribution in [0.4, 0.5) is 0 Å². The molecule has 35 heavy (non-hydrogen) atoms. The molecule has 4 rings (SSSR count). The van der Waals surface area contributed by atoms with E-state index in [9.17, 15) is 14.7 Å². The number of carbonyl (C=O) groups is 2. The molecule has 0 aromatic heterocycles. The molecule has 0 saturated carbocycles. The van der Waals surface area contributed by atoms with Crippen LogP contribution in [-0.2, 0) is 5.41 Å². The zero-order valence-electron chi connectivity index (χ0n) is 19.3. The average molecular weight is 469 g/mol. The maximum atomic E-state index is 11.4. The van der Waals surface area contributed by atoms with E-state index in [1.54, 1.807) is 12.1 Å². The Bertz CT molecular complexity index is 1340. The molecule has 4 aromatic rings. The zero-order chi connectivity index (χ0) is 25.0. The van der Waals surface area contributed by atoms with E-state index in [1.807, 2.05) is 66.7 Å². The maximum absolute atomic E-state index is 11.4. The van der Waals surface area contributed by atoms with Gasteiger partial charge >= 0.3 is 11.9 Å². The fourth-order valence-electron chi connectivity index (χ4n) is 3.76. The Labute approximate surface area is 203 Å². The van der Waals surface area contributed by atoms with Crippen LogP contribution >= 0.6 is 0 Å². The van der Waals surface area contributed by atoms with Crippen LogP contribution in [-0.4, -0.2) is 22.2 Å². The van der Waals surface area contributed by atoms with Crippen LogP contribution in [0.25, 0.3) is 0 Å². The molecule has 0 bridgehead atoms. The van der Waals surface area contributed by atoms with Crippen molar-refractivity contribution in [2.75, 3.05) is 0 Å². The molecule has 6 heteroatoms. The SMILES string of the molecule is CC(C)(c1ccc(Oc2ccccc2)cc1)c1ccc(Oc2ccc(C(=O)O)c(C(=O)O)c2)cc1. The monoisotopic (exact) mass is 468 g/mol. The third kappa shape index (κ3) is 5.33. The summed E-state index contributed by atoms with van der Waals surface area (Å²) < 4.78 is 11.7. The van der Waals surface area contributed by atoms with Gasteiger partial charge in [0, 0.05) is 5.41 Å². The number of hydrogen-bond donors (Lipinski definition) is 2. The summed E-state index contributed by atoms with van der Waals surface area (Å²) in [6.07, 6.45) is 0. The fourth-order valence-corrected chi connectivity index (χ4v) is 3.76. The summed E-state index contributed by atoms with van der Waals surface area (Å²) in [7, 11) is 0. The normalized spacial score (nSPS) is 11.0. The molecule has 4 aromatic carbocycles. The highest BCUT2D eigenvalue weighted by atomic mass is 16.5. The topological polar surface area (TPSA) is 93.1 Å². The highest BCUT2D eigenvalue weighted by Gasteiger charge is 2.23. The Morgan fingerprint density at radius 1 is 0.571 bits per heavy atom. The molecule has 0 spiro atoms. The molecule has 0 radical (unpaired) electrons.